The number of rotatable bonds is 6. The van der Waals surface area contributed by atoms with E-state index in [9.17, 15) is 14.9 Å². The number of hydrogen-bond donors (Lipinski definition) is 1. The van der Waals surface area contributed by atoms with Gasteiger partial charge < -0.3 is 15.0 Å². The highest BCUT2D eigenvalue weighted by atomic mass is 16.5. The Kier molecular flexibility index (Phi) is 6.50. The average Bonchev–Trinajstić information content (AvgIpc) is 2.78. The Morgan fingerprint density at radius 2 is 1.72 bits per heavy atom. The monoisotopic (exact) mass is 391 g/mol. The van der Waals surface area contributed by atoms with Crippen LogP contribution in [0.1, 0.15) is 42.5 Å². The fourth-order valence-electron chi connectivity index (χ4n) is 3.63. The first kappa shape index (κ1) is 20.4. The SMILES string of the molecule is CN(C(=O)COc1ccccc1C(=O)Nc1ccccc1)C1(C#N)CCCCC1. The third-order valence-electron chi connectivity index (χ3n) is 5.42. The minimum atomic E-state index is -0.761. The minimum absolute atomic E-state index is 0.227. The van der Waals surface area contributed by atoms with E-state index in [-0.39, 0.29) is 18.4 Å². The Morgan fingerprint density at radius 1 is 1.07 bits per heavy atom. The third-order valence-corrected chi connectivity index (χ3v) is 5.42. The van der Waals surface area contributed by atoms with E-state index in [0.717, 1.165) is 19.3 Å². The molecule has 1 aliphatic carbocycles. The number of amides is 2. The van der Waals surface area contributed by atoms with Gasteiger partial charge in [-0.1, -0.05) is 49.6 Å². The predicted octanol–water partition coefficient (Wildman–Crippen LogP) is 4.00. The Hall–Kier alpha value is -3.33. The van der Waals surface area contributed by atoms with Gasteiger partial charge in [-0.25, -0.2) is 0 Å². The molecule has 0 spiro atoms. The average molecular weight is 391 g/mol. The van der Waals surface area contributed by atoms with E-state index < -0.39 is 5.54 Å². The van der Waals surface area contributed by atoms with Crippen LogP contribution in [0.15, 0.2) is 54.6 Å². The van der Waals surface area contributed by atoms with Gasteiger partial charge in [-0.2, -0.15) is 5.26 Å². The van der Waals surface area contributed by atoms with Crippen molar-refractivity contribution in [1.82, 2.24) is 4.90 Å². The molecule has 1 aliphatic rings. The second kappa shape index (κ2) is 9.24. The van der Waals surface area contributed by atoms with Gasteiger partial charge in [-0.3, -0.25) is 9.59 Å². The van der Waals surface area contributed by atoms with Crippen molar-refractivity contribution in [3.63, 3.8) is 0 Å². The van der Waals surface area contributed by atoms with Crippen LogP contribution in [0, 0.1) is 11.3 Å². The summed E-state index contributed by atoms with van der Waals surface area (Å²) >= 11 is 0. The summed E-state index contributed by atoms with van der Waals surface area (Å²) in [5, 5.41) is 12.5. The molecule has 0 radical (unpaired) electrons. The number of nitriles is 1. The number of benzene rings is 2. The number of nitrogens with zero attached hydrogens (tertiary/aromatic N) is 2. The maximum absolute atomic E-state index is 12.7. The van der Waals surface area contributed by atoms with Gasteiger partial charge in [0.1, 0.15) is 11.3 Å². The van der Waals surface area contributed by atoms with Crippen molar-refractivity contribution < 1.29 is 14.3 Å². The molecule has 0 bridgehead atoms. The molecule has 0 aliphatic heterocycles. The molecular weight excluding hydrogens is 366 g/mol. The molecule has 0 unspecified atom stereocenters. The molecule has 1 saturated carbocycles. The third kappa shape index (κ3) is 4.75. The van der Waals surface area contributed by atoms with Crippen molar-refractivity contribution in [1.29, 1.82) is 5.26 Å². The van der Waals surface area contributed by atoms with Gasteiger partial charge in [0.2, 0.25) is 0 Å². The van der Waals surface area contributed by atoms with Crippen molar-refractivity contribution in [2.45, 2.75) is 37.6 Å². The highest BCUT2D eigenvalue weighted by molar-refractivity contribution is 6.06. The maximum atomic E-state index is 12.7. The highest BCUT2D eigenvalue weighted by Crippen LogP contribution is 2.32. The summed E-state index contributed by atoms with van der Waals surface area (Å²) in [7, 11) is 1.66. The predicted molar refractivity (Wildman–Crippen MR) is 111 cm³/mol. The van der Waals surface area contributed by atoms with Crippen molar-refractivity contribution >= 4 is 17.5 Å². The van der Waals surface area contributed by atoms with E-state index in [1.165, 1.54) is 4.90 Å². The maximum Gasteiger partial charge on any atom is 0.261 e. The molecule has 0 aromatic heterocycles. The molecule has 1 fully saturated rings. The molecule has 29 heavy (non-hydrogen) atoms. The minimum Gasteiger partial charge on any atom is -0.483 e. The molecule has 150 valence electrons. The van der Waals surface area contributed by atoms with Crippen molar-refractivity contribution in [3.8, 4) is 11.8 Å². The summed E-state index contributed by atoms with van der Waals surface area (Å²) in [4.78, 5) is 26.8. The molecule has 6 nitrogen and oxygen atoms in total. The van der Waals surface area contributed by atoms with Crippen LogP contribution in [-0.4, -0.2) is 35.9 Å². The van der Waals surface area contributed by atoms with Gasteiger partial charge >= 0.3 is 0 Å². The molecule has 2 aromatic carbocycles. The van der Waals surface area contributed by atoms with Crippen LogP contribution in [0.5, 0.6) is 5.75 Å². The summed E-state index contributed by atoms with van der Waals surface area (Å²) in [6.07, 6.45) is 4.33. The summed E-state index contributed by atoms with van der Waals surface area (Å²) in [5.41, 5.74) is 0.263. The van der Waals surface area contributed by atoms with Gasteiger partial charge in [-0.15, -0.1) is 0 Å². The molecule has 3 rings (SSSR count). The number of ether oxygens (including phenoxy) is 1. The molecule has 2 amide bonds. The molecule has 2 aromatic rings. The Morgan fingerprint density at radius 3 is 2.41 bits per heavy atom. The van der Waals surface area contributed by atoms with Crippen LogP contribution in [0.2, 0.25) is 0 Å². The summed E-state index contributed by atoms with van der Waals surface area (Å²) in [6, 6.07) is 18.3. The van der Waals surface area contributed by atoms with Crippen molar-refractivity contribution in [3.05, 3.63) is 60.2 Å². The second-order valence-corrected chi connectivity index (χ2v) is 7.26. The van der Waals surface area contributed by atoms with Crippen LogP contribution in [-0.2, 0) is 4.79 Å². The zero-order valence-corrected chi connectivity index (χ0v) is 16.6. The van der Waals surface area contributed by atoms with E-state index in [4.69, 9.17) is 4.74 Å². The number of para-hydroxylation sites is 2. The zero-order valence-electron chi connectivity index (χ0n) is 16.6. The number of carbonyl (C=O) groups is 2. The van der Waals surface area contributed by atoms with E-state index >= 15 is 0 Å². The summed E-state index contributed by atoms with van der Waals surface area (Å²) in [5.74, 6) is -0.252. The van der Waals surface area contributed by atoms with Gasteiger partial charge in [-0.05, 0) is 37.1 Å². The largest absolute Gasteiger partial charge is 0.483 e. The fourth-order valence-corrected chi connectivity index (χ4v) is 3.63. The first-order chi connectivity index (χ1) is 14.1. The number of likely N-dealkylation sites (N-methyl/N-ethyl adjacent to an activating group) is 1. The molecule has 0 atom stereocenters. The lowest BCUT2D eigenvalue weighted by molar-refractivity contribution is -0.137. The smallest absolute Gasteiger partial charge is 0.261 e. The number of hydrogen-bond acceptors (Lipinski definition) is 4. The molecule has 6 heteroatoms. The standard InChI is InChI=1S/C23H25N3O3/c1-26(23(17-24)14-8-3-9-15-23)21(27)16-29-20-13-7-6-12-19(20)22(28)25-18-10-4-2-5-11-18/h2,4-7,10-13H,3,8-9,14-16H2,1H3,(H,25,28). The van der Waals surface area contributed by atoms with Gasteiger partial charge in [0.25, 0.3) is 11.8 Å². The number of nitrogens with one attached hydrogen (secondary N) is 1. The quantitative estimate of drug-likeness (QED) is 0.807. The topological polar surface area (TPSA) is 82.4 Å². The van der Waals surface area contributed by atoms with Crippen LogP contribution in [0.3, 0.4) is 0 Å². The Balaban J connectivity index is 1.67. The Labute approximate surface area is 171 Å². The van der Waals surface area contributed by atoms with Gasteiger partial charge in [0, 0.05) is 12.7 Å². The zero-order chi connectivity index (χ0) is 20.7. The lowest BCUT2D eigenvalue weighted by Crippen LogP contribution is -2.51. The first-order valence-corrected chi connectivity index (χ1v) is 9.82. The van der Waals surface area contributed by atoms with Crippen LogP contribution < -0.4 is 10.1 Å². The summed E-state index contributed by atoms with van der Waals surface area (Å²) < 4.78 is 5.70. The second-order valence-electron chi connectivity index (χ2n) is 7.26. The molecular formula is C23H25N3O3. The lowest BCUT2D eigenvalue weighted by atomic mass is 9.81. The summed E-state index contributed by atoms with van der Waals surface area (Å²) in [6.45, 7) is -0.227. The van der Waals surface area contributed by atoms with Crippen molar-refractivity contribution in [2.24, 2.45) is 0 Å². The molecule has 0 heterocycles. The lowest BCUT2D eigenvalue weighted by Gasteiger charge is -2.38. The van der Waals surface area contributed by atoms with E-state index in [1.54, 1.807) is 43.4 Å². The normalized spacial score (nSPS) is 15.0. The number of anilines is 1. The number of carbonyl (C=O) groups excluding carboxylic acids is 2. The van der Waals surface area contributed by atoms with Crippen LogP contribution in [0.25, 0.3) is 0 Å². The van der Waals surface area contributed by atoms with Gasteiger partial charge in [0.15, 0.2) is 6.61 Å². The molecule has 0 saturated heterocycles. The van der Waals surface area contributed by atoms with Gasteiger partial charge in [0.05, 0.1) is 11.6 Å². The van der Waals surface area contributed by atoms with Crippen molar-refractivity contribution in [2.75, 3.05) is 19.0 Å². The highest BCUT2D eigenvalue weighted by Gasteiger charge is 2.38. The first-order valence-electron chi connectivity index (χ1n) is 9.82. The fraction of sp³-hybridized carbons (Fsp3) is 0.348. The Bertz CT molecular complexity index is 899. The molecule has 1 N–H and O–H groups in total. The van der Waals surface area contributed by atoms with E-state index in [0.29, 0.717) is 29.8 Å². The van der Waals surface area contributed by atoms with Crippen LogP contribution >= 0.6 is 0 Å². The van der Waals surface area contributed by atoms with E-state index in [2.05, 4.69) is 11.4 Å². The van der Waals surface area contributed by atoms with Crippen LogP contribution in [0.4, 0.5) is 5.69 Å². The van der Waals surface area contributed by atoms with E-state index in [1.807, 2.05) is 18.2 Å².